The minimum atomic E-state index is -1.09. The number of carbonyl (C=O) groups excluding carboxylic acids is 1. The summed E-state index contributed by atoms with van der Waals surface area (Å²) < 4.78 is 5.45. The lowest BCUT2D eigenvalue weighted by Crippen LogP contribution is -2.51. The van der Waals surface area contributed by atoms with Gasteiger partial charge in [-0.3, -0.25) is 0 Å². The fraction of sp³-hybridized carbons (Fsp3) is 0.368. The van der Waals surface area contributed by atoms with E-state index in [1.807, 2.05) is 30.3 Å². The van der Waals surface area contributed by atoms with E-state index in [9.17, 15) is 9.90 Å². The highest BCUT2D eigenvalue weighted by Gasteiger charge is 2.57. The Bertz CT molecular complexity index is 768. The Hall–Kier alpha value is -2.11. The topological polar surface area (TPSA) is 62.7 Å². The number of rotatable bonds is 3. The molecule has 25 heavy (non-hydrogen) atoms. The zero-order valence-electron chi connectivity index (χ0n) is 13.6. The van der Waals surface area contributed by atoms with Gasteiger partial charge in [-0.1, -0.05) is 48.0 Å². The number of amides is 1. The molecule has 2 aliphatic rings. The molecule has 1 N–H and O–H groups in total. The maximum absolute atomic E-state index is 12.5. The molecule has 1 saturated heterocycles. The Balaban J connectivity index is 1.48. The van der Waals surface area contributed by atoms with Gasteiger partial charge in [0.05, 0.1) is 6.04 Å². The molecule has 1 aliphatic carbocycles. The smallest absolute Gasteiger partial charge is 0.410 e. The first-order valence-corrected chi connectivity index (χ1v) is 8.76. The van der Waals surface area contributed by atoms with Gasteiger partial charge in [0.15, 0.2) is 0 Å². The number of hydrogen-bond acceptors (Lipinski definition) is 4. The van der Waals surface area contributed by atoms with Crippen LogP contribution in [0.1, 0.15) is 24.0 Å². The highest BCUT2D eigenvalue weighted by molar-refractivity contribution is 6.29. The first-order chi connectivity index (χ1) is 12.1. The predicted octanol–water partition coefficient (Wildman–Crippen LogP) is 3.35. The van der Waals surface area contributed by atoms with Gasteiger partial charge in [-0.2, -0.15) is 0 Å². The number of halogens is 1. The monoisotopic (exact) mass is 358 g/mol. The average molecular weight is 359 g/mol. The second-order valence-electron chi connectivity index (χ2n) is 6.81. The summed E-state index contributed by atoms with van der Waals surface area (Å²) in [4.78, 5) is 18.3. The Labute approximate surface area is 151 Å². The van der Waals surface area contributed by atoms with Crippen LogP contribution in [0.25, 0.3) is 0 Å². The van der Waals surface area contributed by atoms with E-state index in [1.54, 1.807) is 23.2 Å². The van der Waals surface area contributed by atoms with Crippen LogP contribution in [0.4, 0.5) is 4.79 Å². The number of benzene rings is 1. The van der Waals surface area contributed by atoms with E-state index in [2.05, 4.69) is 4.98 Å². The number of carbonyl (C=O) groups is 1. The lowest BCUT2D eigenvalue weighted by atomic mass is 9.86. The quantitative estimate of drug-likeness (QED) is 0.855. The number of fused-ring (bicyclic) bond motifs is 2. The van der Waals surface area contributed by atoms with Crippen molar-refractivity contribution in [2.24, 2.45) is 5.92 Å². The van der Waals surface area contributed by atoms with Crippen molar-refractivity contribution in [3.05, 3.63) is 64.9 Å². The first kappa shape index (κ1) is 16.4. The van der Waals surface area contributed by atoms with E-state index in [1.165, 1.54) is 0 Å². The highest BCUT2D eigenvalue weighted by atomic mass is 35.5. The zero-order valence-corrected chi connectivity index (χ0v) is 14.4. The maximum Gasteiger partial charge on any atom is 0.410 e. The summed E-state index contributed by atoms with van der Waals surface area (Å²) in [6.07, 6.45) is 2.62. The van der Waals surface area contributed by atoms with Crippen LogP contribution in [-0.2, 0) is 16.9 Å². The molecule has 0 spiro atoms. The van der Waals surface area contributed by atoms with Crippen LogP contribution < -0.4 is 0 Å². The third-order valence-corrected chi connectivity index (χ3v) is 5.43. The van der Waals surface area contributed by atoms with Crippen LogP contribution in [0.15, 0.2) is 48.7 Å². The Morgan fingerprint density at radius 2 is 2.12 bits per heavy atom. The van der Waals surface area contributed by atoms with E-state index >= 15 is 0 Å². The van der Waals surface area contributed by atoms with Crippen molar-refractivity contribution < 1.29 is 14.6 Å². The second-order valence-corrected chi connectivity index (χ2v) is 7.20. The number of pyridine rings is 1. The van der Waals surface area contributed by atoms with E-state index in [-0.39, 0.29) is 24.7 Å². The molecule has 2 fully saturated rings. The molecule has 1 aromatic heterocycles. The summed E-state index contributed by atoms with van der Waals surface area (Å²) >= 11 is 5.84. The van der Waals surface area contributed by atoms with Crippen LogP contribution in [0, 0.1) is 5.92 Å². The van der Waals surface area contributed by atoms with Crippen LogP contribution in [0.3, 0.4) is 0 Å². The normalized spacial score (nSPS) is 27.5. The third kappa shape index (κ3) is 2.98. The van der Waals surface area contributed by atoms with Crippen molar-refractivity contribution in [1.82, 2.24) is 9.88 Å². The summed E-state index contributed by atoms with van der Waals surface area (Å²) in [6.45, 7) is 0.857. The van der Waals surface area contributed by atoms with Crippen LogP contribution in [0.5, 0.6) is 0 Å². The van der Waals surface area contributed by atoms with E-state index in [4.69, 9.17) is 16.3 Å². The molecule has 6 heteroatoms. The van der Waals surface area contributed by atoms with Gasteiger partial charge in [0.25, 0.3) is 0 Å². The molecule has 5 nitrogen and oxygen atoms in total. The van der Waals surface area contributed by atoms with Gasteiger partial charge < -0.3 is 14.7 Å². The molecule has 1 saturated carbocycles. The number of ether oxygens (including phenoxy) is 1. The SMILES string of the molecule is O=C(OCc1ccccc1)N1C[C@@H]2C[C@H]1[C@@](O)(c1ccc(Cl)nc1)C2. The number of nitrogens with zero attached hydrogens (tertiary/aromatic N) is 2. The van der Waals surface area contributed by atoms with Gasteiger partial charge >= 0.3 is 6.09 Å². The minimum absolute atomic E-state index is 0.231. The van der Waals surface area contributed by atoms with Crippen LogP contribution in [-0.4, -0.2) is 33.7 Å². The molecule has 4 rings (SSSR count). The molecular weight excluding hydrogens is 340 g/mol. The molecule has 0 radical (unpaired) electrons. The Morgan fingerprint density at radius 1 is 1.32 bits per heavy atom. The van der Waals surface area contributed by atoms with Crippen molar-refractivity contribution in [3.63, 3.8) is 0 Å². The number of hydrogen-bond donors (Lipinski definition) is 1. The molecular formula is C19H19ClN2O3. The maximum atomic E-state index is 12.5. The minimum Gasteiger partial charge on any atom is -0.445 e. The number of piperidine rings is 1. The van der Waals surface area contributed by atoms with Gasteiger partial charge in [0, 0.05) is 18.3 Å². The molecule has 1 aromatic carbocycles. The van der Waals surface area contributed by atoms with Crippen LogP contribution >= 0.6 is 11.6 Å². The highest BCUT2D eigenvalue weighted by Crippen LogP contribution is 2.50. The van der Waals surface area contributed by atoms with Gasteiger partial charge in [0.2, 0.25) is 0 Å². The van der Waals surface area contributed by atoms with Gasteiger partial charge in [-0.05, 0) is 30.4 Å². The van der Waals surface area contributed by atoms with E-state index < -0.39 is 5.60 Å². The fourth-order valence-corrected chi connectivity index (χ4v) is 4.16. The summed E-state index contributed by atoms with van der Waals surface area (Å²) in [6, 6.07) is 12.7. The molecule has 0 unspecified atom stereocenters. The van der Waals surface area contributed by atoms with Crippen molar-refractivity contribution in [2.75, 3.05) is 6.54 Å². The molecule has 130 valence electrons. The Kier molecular flexibility index (Phi) is 4.13. The lowest BCUT2D eigenvalue weighted by molar-refractivity contribution is -0.0470. The molecule has 2 heterocycles. The van der Waals surface area contributed by atoms with Gasteiger partial charge in [-0.25, -0.2) is 9.78 Å². The third-order valence-electron chi connectivity index (χ3n) is 5.21. The molecule has 3 atom stereocenters. The van der Waals surface area contributed by atoms with Crippen molar-refractivity contribution in [3.8, 4) is 0 Å². The average Bonchev–Trinajstić information content (AvgIpc) is 3.19. The van der Waals surface area contributed by atoms with Crippen molar-refractivity contribution >= 4 is 17.7 Å². The van der Waals surface area contributed by atoms with Crippen LogP contribution in [0.2, 0.25) is 5.15 Å². The van der Waals surface area contributed by atoms with E-state index in [0.29, 0.717) is 23.7 Å². The summed E-state index contributed by atoms with van der Waals surface area (Å²) in [7, 11) is 0. The lowest BCUT2D eigenvalue weighted by Gasteiger charge is -2.39. The molecule has 1 aliphatic heterocycles. The number of aliphatic hydroxyl groups is 1. The zero-order chi connectivity index (χ0) is 17.4. The Morgan fingerprint density at radius 3 is 2.80 bits per heavy atom. The number of aromatic nitrogens is 1. The molecule has 2 aromatic rings. The summed E-state index contributed by atoms with van der Waals surface area (Å²) in [5.41, 5.74) is 0.550. The largest absolute Gasteiger partial charge is 0.445 e. The van der Waals surface area contributed by atoms with Gasteiger partial charge in [0.1, 0.15) is 17.4 Å². The fourth-order valence-electron chi connectivity index (χ4n) is 4.05. The second kappa shape index (κ2) is 6.32. The molecule has 1 amide bonds. The number of likely N-dealkylation sites (tertiary alicyclic amines) is 1. The first-order valence-electron chi connectivity index (χ1n) is 8.38. The van der Waals surface area contributed by atoms with Crippen molar-refractivity contribution in [1.29, 1.82) is 0 Å². The summed E-state index contributed by atoms with van der Waals surface area (Å²) in [5, 5.41) is 11.6. The van der Waals surface area contributed by atoms with E-state index in [0.717, 1.165) is 12.0 Å². The summed E-state index contributed by atoms with van der Waals surface area (Å²) in [5.74, 6) is 0.273. The van der Waals surface area contributed by atoms with Crippen molar-refractivity contribution in [2.45, 2.75) is 31.1 Å². The predicted molar refractivity (Wildman–Crippen MR) is 93.0 cm³/mol. The molecule has 2 bridgehead atoms. The standard InChI is InChI=1S/C19H19ClN2O3/c20-17-7-6-15(10-21-17)19(24)9-14-8-16(19)22(11-14)18(23)25-12-13-4-2-1-3-5-13/h1-7,10,14,16,24H,8-9,11-12H2/t14-,16+,19+/m1/s1. The van der Waals surface area contributed by atoms with Gasteiger partial charge in [-0.15, -0.1) is 0 Å².